The van der Waals surface area contributed by atoms with Crippen molar-refractivity contribution in [1.29, 1.82) is 0 Å². The molecule has 5 heteroatoms. The van der Waals surface area contributed by atoms with Gasteiger partial charge in [-0.2, -0.15) is 0 Å². The highest BCUT2D eigenvalue weighted by Crippen LogP contribution is 2.36. The number of aliphatic hydroxyl groups excluding tert-OH is 1. The number of aliphatic hydroxyl groups is 1. The number of carboxylic acid groups (broad SMARTS) is 1. The monoisotopic (exact) mass is 221 g/mol. The van der Waals surface area contributed by atoms with Crippen LogP contribution in [0.25, 0.3) is 0 Å². The van der Waals surface area contributed by atoms with Gasteiger partial charge in [-0.15, -0.1) is 0 Å². The first-order valence-corrected chi connectivity index (χ1v) is 4.82. The number of fused-ring (bicyclic) bond motifs is 1. The van der Waals surface area contributed by atoms with E-state index in [9.17, 15) is 9.59 Å². The molecule has 0 aromatic heterocycles. The van der Waals surface area contributed by atoms with Crippen molar-refractivity contribution in [3.05, 3.63) is 29.3 Å². The molecular formula is C11H11NO4. The number of rotatable bonds is 2. The fourth-order valence-electron chi connectivity index (χ4n) is 1.93. The summed E-state index contributed by atoms with van der Waals surface area (Å²) >= 11 is 0. The quantitative estimate of drug-likeness (QED) is 0.759. The third-order valence-corrected chi connectivity index (χ3v) is 2.82. The first-order valence-electron chi connectivity index (χ1n) is 4.82. The Morgan fingerprint density at radius 1 is 1.50 bits per heavy atom. The minimum Gasteiger partial charge on any atom is -0.478 e. The van der Waals surface area contributed by atoms with Gasteiger partial charge in [0, 0.05) is 12.7 Å². The van der Waals surface area contributed by atoms with Gasteiger partial charge in [0.25, 0.3) is 0 Å². The van der Waals surface area contributed by atoms with E-state index >= 15 is 0 Å². The van der Waals surface area contributed by atoms with E-state index in [1.807, 2.05) is 0 Å². The van der Waals surface area contributed by atoms with Crippen LogP contribution in [0.4, 0.5) is 5.69 Å². The van der Waals surface area contributed by atoms with Gasteiger partial charge >= 0.3 is 5.97 Å². The standard InChI is InChI=1S/C11H11NO4/c1-12-9-3-2-6(11(15)16)4-7(9)8(5-13)10(12)14/h2-4,8,13H,5H2,1H3,(H,15,16). The number of carboxylic acids is 1. The van der Waals surface area contributed by atoms with Crippen LogP contribution < -0.4 is 4.90 Å². The van der Waals surface area contributed by atoms with Crippen LogP contribution in [0.2, 0.25) is 0 Å². The lowest BCUT2D eigenvalue weighted by Gasteiger charge is -2.09. The number of amides is 1. The van der Waals surface area contributed by atoms with E-state index in [1.54, 1.807) is 13.1 Å². The Hall–Kier alpha value is -1.88. The lowest BCUT2D eigenvalue weighted by molar-refractivity contribution is -0.119. The fourth-order valence-corrected chi connectivity index (χ4v) is 1.93. The zero-order chi connectivity index (χ0) is 11.9. The number of likely N-dealkylation sites (N-methyl/N-ethyl adjacent to an activating group) is 1. The molecule has 0 radical (unpaired) electrons. The molecule has 0 fully saturated rings. The van der Waals surface area contributed by atoms with Gasteiger partial charge in [-0.25, -0.2) is 4.79 Å². The second-order valence-electron chi connectivity index (χ2n) is 3.71. The summed E-state index contributed by atoms with van der Waals surface area (Å²) in [6.07, 6.45) is 0. The lowest BCUT2D eigenvalue weighted by Crippen LogP contribution is -2.25. The summed E-state index contributed by atoms with van der Waals surface area (Å²) in [6, 6.07) is 4.48. The molecule has 0 aliphatic carbocycles. The second-order valence-corrected chi connectivity index (χ2v) is 3.71. The first kappa shape index (κ1) is 10.6. The summed E-state index contributed by atoms with van der Waals surface area (Å²) in [5.74, 6) is -1.89. The number of aromatic carboxylic acids is 1. The maximum atomic E-state index is 11.7. The van der Waals surface area contributed by atoms with Gasteiger partial charge < -0.3 is 15.1 Å². The fraction of sp³-hybridized carbons (Fsp3) is 0.273. The Morgan fingerprint density at radius 2 is 2.19 bits per heavy atom. The van der Waals surface area contributed by atoms with E-state index in [-0.39, 0.29) is 18.1 Å². The minimum absolute atomic E-state index is 0.125. The molecule has 1 aliphatic heterocycles. The third kappa shape index (κ3) is 1.37. The maximum Gasteiger partial charge on any atom is 0.335 e. The average molecular weight is 221 g/mol. The number of carbonyl (C=O) groups excluding carboxylic acids is 1. The summed E-state index contributed by atoms with van der Waals surface area (Å²) in [4.78, 5) is 23.9. The van der Waals surface area contributed by atoms with Crippen LogP contribution in [0.1, 0.15) is 21.8 Å². The van der Waals surface area contributed by atoms with Crippen LogP contribution in [0.3, 0.4) is 0 Å². The predicted molar refractivity (Wildman–Crippen MR) is 56.6 cm³/mol. The van der Waals surface area contributed by atoms with Gasteiger partial charge in [0.15, 0.2) is 0 Å². The van der Waals surface area contributed by atoms with Gasteiger partial charge in [-0.05, 0) is 23.8 Å². The van der Waals surface area contributed by atoms with Gasteiger partial charge in [-0.1, -0.05) is 0 Å². The number of hydrogen-bond donors (Lipinski definition) is 2. The third-order valence-electron chi connectivity index (χ3n) is 2.82. The molecule has 1 heterocycles. The molecule has 0 spiro atoms. The Labute approximate surface area is 91.9 Å². The molecule has 0 bridgehead atoms. The minimum atomic E-state index is -1.04. The topological polar surface area (TPSA) is 77.8 Å². The molecule has 1 atom stereocenters. The molecule has 1 aromatic carbocycles. The van der Waals surface area contributed by atoms with Crippen LogP contribution in [0.5, 0.6) is 0 Å². The number of hydrogen-bond acceptors (Lipinski definition) is 3. The molecule has 0 saturated heterocycles. The highest BCUT2D eigenvalue weighted by molar-refractivity contribution is 6.05. The Kier molecular flexibility index (Phi) is 2.40. The molecular weight excluding hydrogens is 210 g/mol. The Balaban J connectivity index is 2.55. The molecule has 1 aliphatic rings. The van der Waals surface area contributed by atoms with E-state index in [0.717, 1.165) is 0 Å². The van der Waals surface area contributed by atoms with E-state index in [1.165, 1.54) is 17.0 Å². The van der Waals surface area contributed by atoms with Gasteiger partial charge in [-0.3, -0.25) is 4.79 Å². The number of benzene rings is 1. The first-order chi connectivity index (χ1) is 7.56. The highest BCUT2D eigenvalue weighted by atomic mass is 16.4. The van der Waals surface area contributed by atoms with Crippen molar-refractivity contribution >= 4 is 17.6 Å². The molecule has 5 nitrogen and oxygen atoms in total. The summed E-state index contributed by atoms with van der Waals surface area (Å²) in [7, 11) is 1.61. The summed E-state index contributed by atoms with van der Waals surface area (Å²) < 4.78 is 0. The number of nitrogens with zero attached hydrogens (tertiary/aromatic N) is 1. The normalized spacial score (nSPS) is 18.8. The molecule has 1 amide bonds. The highest BCUT2D eigenvalue weighted by Gasteiger charge is 2.34. The average Bonchev–Trinajstić information content (AvgIpc) is 2.51. The van der Waals surface area contributed by atoms with Crippen LogP contribution in [-0.4, -0.2) is 35.7 Å². The van der Waals surface area contributed by atoms with Crippen molar-refractivity contribution in [2.24, 2.45) is 0 Å². The van der Waals surface area contributed by atoms with Crippen molar-refractivity contribution in [3.63, 3.8) is 0 Å². The summed E-state index contributed by atoms with van der Waals surface area (Å²) in [5.41, 5.74) is 1.37. The number of anilines is 1. The van der Waals surface area contributed by atoms with E-state index in [0.29, 0.717) is 11.3 Å². The van der Waals surface area contributed by atoms with Crippen molar-refractivity contribution in [2.75, 3.05) is 18.6 Å². The summed E-state index contributed by atoms with van der Waals surface area (Å²) in [5, 5.41) is 18.0. The summed E-state index contributed by atoms with van der Waals surface area (Å²) in [6.45, 7) is -0.306. The van der Waals surface area contributed by atoms with Gasteiger partial charge in [0.1, 0.15) is 0 Å². The smallest absolute Gasteiger partial charge is 0.335 e. The lowest BCUT2D eigenvalue weighted by atomic mass is 9.99. The second kappa shape index (κ2) is 3.61. The van der Waals surface area contributed by atoms with Crippen molar-refractivity contribution in [2.45, 2.75) is 5.92 Å². The number of carbonyl (C=O) groups is 2. The molecule has 1 unspecified atom stereocenters. The molecule has 1 aromatic rings. The Morgan fingerprint density at radius 3 is 2.75 bits per heavy atom. The van der Waals surface area contributed by atoms with Crippen LogP contribution >= 0.6 is 0 Å². The van der Waals surface area contributed by atoms with Crippen molar-refractivity contribution in [1.82, 2.24) is 0 Å². The molecule has 0 saturated carbocycles. The molecule has 2 rings (SSSR count). The predicted octanol–water partition coefficient (Wildman–Crippen LogP) is 0.437. The largest absolute Gasteiger partial charge is 0.478 e. The zero-order valence-electron chi connectivity index (χ0n) is 8.67. The Bertz CT molecular complexity index is 469. The van der Waals surface area contributed by atoms with E-state index in [4.69, 9.17) is 10.2 Å². The van der Waals surface area contributed by atoms with Crippen LogP contribution in [0, 0.1) is 0 Å². The van der Waals surface area contributed by atoms with Gasteiger partial charge in [0.2, 0.25) is 5.91 Å². The van der Waals surface area contributed by atoms with Crippen LogP contribution in [-0.2, 0) is 4.79 Å². The molecule has 2 N–H and O–H groups in total. The van der Waals surface area contributed by atoms with Gasteiger partial charge in [0.05, 0.1) is 18.1 Å². The molecule has 16 heavy (non-hydrogen) atoms. The SMILES string of the molecule is CN1C(=O)C(CO)c2cc(C(=O)O)ccc21. The van der Waals surface area contributed by atoms with E-state index < -0.39 is 11.9 Å². The maximum absolute atomic E-state index is 11.7. The van der Waals surface area contributed by atoms with E-state index in [2.05, 4.69) is 0 Å². The zero-order valence-corrected chi connectivity index (χ0v) is 8.67. The van der Waals surface area contributed by atoms with Crippen molar-refractivity contribution in [3.8, 4) is 0 Å². The van der Waals surface area contributed by atoms with Crippen LogP contribution in [0.15, 0.2) is 18.2 Å². The van der Waals surface area contributed by atoms with Crippen molar-refractivity contribution < 1.29 is 19.8 Å². The molecule has 84 valence electrons.